The van der Waals surface area contributed by atoms with Crippen molar-refractivity contribution in [2.75, 3.05) is 24.5 Å². The van der Waals surface area contributed by atoms with Crippen molar-refractivity contribution in [3.8, 4) is 0 Å². The Labute approximate surface area is 142 Å². The summed E-state index contributed by atoms with van der Waals surface area (Å²) in [7, 11) is 0. The Hall–Kier alpha value is -1.26. The maximum absolute atomic E-state index is 12.4. The number of carbonyl (C=O) groups is 2. The van der Waals surface area contributed by atoms with E-state index < -0.39 is 0 Å². The van der Waals surface area contributed by atoms with Gasteiger partial charge in [-0.1, -0.05) is 37.0 Å². The monoisotopic (exact) mass is 344 g/mol. The average Bonchev–Trinajstić information content (AvgIpc) is 2.42. The summed E-state index contributed by atoms with van der Waals surface area (Å²) in [5.41, 5.74) is 0.534. The lowest BCUT2D eigenvalue weighted by Gasteiger charge is -2.27. The van der Waals surface area contributed by atoms with Crippen molar-refractivity contribution < 1.29 is 9.59 Å². The molecule has 0 unspecified atom stereocenters. The van der Waals surface area contributed by atoms with Gasteiger partial charge in [0.1, 0.15) is 6.54 Å². The molecule has 0 aliphatic heterocycles. The highest BCUT2D eigenvalue weighted by Crippen LogP contribution is 2.25. The lowest BCUT2D eigenvalue weighted by molar-refractivity contribution is -0.131. The molecule has 0 radical (unpaired) electrons. The molecule has 0 N–H and O–H groups in total. The van der Waals surface area contributed by atoms with Gasteiger partial charge >= 0.3 is 0 Å². The Morgan fingerprint density at radius 3 is 1.91 bits per heavy atom. The number of anilines is 1. The molecule has 6 heteroatoms. The Kier molecular flexibility index (Phi) is 7.69. The zero-order chi connectivity index (χ0) is 16.7. The molecule has 0 aliphatic carbocycles. The number of hydrogen-bond acceptors (Lipinski definition) is 2. The van der Waals surface area contributed by atoms with Crippen molar-refractivity contribution in [2.24, 2.45) is 0 Å². The van der Waals surface area contributed by atoms with Crippen molar-refractivity contribution in [3.05, 3.63) is 28.2 Å². The number of rotatable bonds is 7. The van der Waals surface area contributed by atoms with Gasteiger partial charge in [0.05, 0.1) is 0 Å². The summed E-state index contributed by atoms with van der Waals surface area (Å²) in [6, 6.07) is 4.85. The van der Waals surface area contributed by atoms with E-state index in [-0.39, 0.29) is 18.4 Å². The molecule has 1 aromatic carbocycles. The van der Waals surface area contributed by atoms with E-state index >= 15 is 0 Å². The molecule has 4 nitrogen and oxygen atoms in total. The van der Waals surface area contributed by atoms with E-state index in [0.717, 1.165) is 12.8 Å². The summed E-state index contributed by atoms with van der Waals surface area (Å²) in [4.78, 5) is 27.5. The molecule has 0 fully saturated rings. The van der Waals surface area contributed by atoms with Gasteiger partial charge in [0, 0.05) is 35.7 Å². The molecule has 0 aliphatic rings. The first kappa shape index (κ1) is 18.8. The van der Waals surface area contributed by atoms with Gasteiger partial charge in [-0.05, 0) is 31.0 Å². The van der Waals surface area contributed by atoms with Crippen molar-refractivity contribution in [3.63, 3.8) is 0 Å². The fraction of sp³-hybridized carbons (Fsp3) is 0.500. The third kappa shape index (κ3) is 5.50. The molecule has 22 heavy (non-hydrogen) atoms. The van der Waals surface area contributed by atoms with E-state index in [1.807, 2.05) is 13.8 Å². The zero-order valence-corrected chi connectivity index (χ0v) is 14.7. The number of hydrogen-bond donors (Lipinski definition) is 0. The van der Waals surface area contributed by atoms with Gasteiger partial charge in [0.25, 0.3) is 0 Å². The Morgan fingerprint density at radius 1 is 1.00 bits per heavy atom. The van der Waals surface area contributed by atoms with Crippen LogP contribution >= 0.6 is 23.2 Å². The van der Waals surface area contributed by atoms with Crippen LogP contribution < -0.4 is 4.90 Å². The molecule has 0 atom stereocenters. The topological polar surface area (TPSA) is 40.6 Å². The van der Waals surface area contributed by atoms with Gasteiger partial charge in [-0.25, -0.2) is 0 Å². The molecule has 1 rings (SSSR count). The largest absolute Gasteiger partial charge is 0.341 e. The van der Waals surface area contributed by atoms with Crippen LogP contribution in [0, 0.1) is 0 Å². The van der Waals surface area contributed by atoms with Crippen molar-refractivity contribution in [1.29, 1.82) is 0 Å². The summed E-state index contributed by atoms with van der Waals surface area (Å²) < 4.78 is 0. The molecule has 122 valence electrons. The van der Waals surface area contributed by atoms with Crippen molar-refractivity contribution >= 4 is 40.7 Å². The summed E-state index contributed by atoms with van der Waals surface area (Å²) in [5.74, 6) is -0.297. The molecule has 0 saturated heterocycles. The van der Waals surface area contributed by atoms with Crippen LogP contribution in [-0.4, -0.2) is 36.3 Å². The quantitative estimate of drug-likeness (QED) is 0.750. The first-order valence-corrected chi connectivity index (χ1v) is 8.16. The minimum atomic E-state index is -0.223. The van der Waals surface area contributed by atoms with E-state index in [0.29, 0.717) is 28.8 Å². The standard InChI is InChI=1S/C16H22Cl2N2O2/c1-4-6-19(7-5-2)16(22)11-20(12(3)21)15-9-13(17)8-14(18)10-15/h8-10H,4-7,11H2,1-3H3. The average molecular weight is 345 g/mol. The molecule has 0 saturated carbocycles. The fourth-order valence-electron chi connectivity index (χ4n) is 2.22. The molecule has 0 heterocycles. The molecule has 0 aromatic heterocycles. The third-order valence-electron chi connectivity index (χ3n) is 3.17. The predicted molar refractivity (Wildman–Crippen MR) is 91.7 cm³/mol. The summed E-state index contributed by atoms with van der Waals surface area (Å²) in [6.07, 6.45) is 1.77. The van der Waals surface area contributed by atoms with Crippen LogP contribution in [0.5, 0.6) is 0 Å². The molecular formula is C16H22Cl2N2O2. The van der Waals surface area contributed by atoms with Crippen LogP contribution in [0.1, 0.15) is 33.6 Å². The van der Waals surface area contributed by atoms with Crippen LogP contribution in [0.2, 0.25) is 10.0 Å². The highest BCUT2D eigenvalue weighted by Gasteiger charge is 2.20. The first-order valence-electron chi connectivity index (χ1n) is 7.41. The maximum Gasteiger partial charge on any atom is 0.242 e. The number of carbonyl (C=O) groups excluding carboxylic acids is 2. The second-order valence-electron chi connectivity index (χ2n) is 5.11. The second kappa shape index (κ2) is 9.01. The Bertz CT molecular complexity index is 509. The van der Waals surface area contributed by atoms with Crippen LogP contribution in [0.3, 0.4) is 0 Å². The molecule has 1 aromatic rings. The number of nitrogens with zero attached hydrogens (tertiary/aromatic N) is 2. The zero-order valence-electron chi connectivity index (χ0n) is 13.2. The van der Waals surface area contributed by atoms with E-state index in [1.54, 1.807) is 23.1 Å². The first-order chi connectivity index (χ1) is 10.4. The van der Waals surface area contributed by atoms with Crippen LogP contribution in [0.25, 0.3) is 0 Å². The SMILES string of the molecule is CCCN(CCC)C(=O)CN(C(C)=O)c1cc(Cl)cc(Cl)c1. The van der Waals surface area contributed by atoms with Gasteiger partial charge in [-0.2, -0.15) is 0 Å². The van der Waals surface area contributed by atoms with Crippen LogP contribution in [0.4, 0.5) is 5.69 Å². The third-order valence-corrected chi connectivity index (χ3v) is 3.61. The fourth-order valence-corrected chi connectivity index (χ4v) is 2.73. The van der Waals surface area contributed by atoms with E-state index in [2.05, 4.69) is 0 Å². The van der Waals surface area contributed by atoms with Gasteiger partial charge in [0.15, 0.2) is 0 Å². The lowest BCUT2D eigenvalue weighted by atomic mass is 10.2. The van der Waals surface area contributed by atoms with Gasteiger partial charge in [0.2, 0.25) is 11.8 Å². The van der Waals surface area contributed by atoms with Gasteiger partial charge in [-0.3, -0.25) is 9.59 Å². The van der Waals surface area contributed by atoms with Gasteiger partial charge in [-0.15, -0.1) is 0 Å². The van der Waals surface area contributed by atoms with E-state index in [1.165, 1.54) is 11.8 Å². The Morgan fingerprint density at radius 2 is 1.50 bits per heavy atom. The van der Waals surface area contributed by atoms with Crippen LogP contribution in [0.15, 0.2) is 18.2 Å². The number of benzene rings is 1. The molecule has 0 bridgehead atoms. The van der Waals surface area contributed by atoms with Crippen molar-refractivity contribution in [2.45, 2.75) is 33.6 Å². The Balaban J connectivity index is 2.96. The highest BCUT2D eigenvalue weighted by molar-refractivity contribution is 6.35. The predicted octanol–water partition coefficient (Wildman–Crippen LogP) is 3.99. The van der Waals surface area contributed by atoms with Gasteiger partial charge < -0.3 is 9.80 Å². The maximum atomic E-state index is 12.4. The highest BCUT2D eigenvalue weighted by atomic mass is 35.5. The molecule has 0 spiro atoms. The molecular weight excluding hydrogens is 323 g/mol. The summed E-state index contributed by atoms with van der Waals surface area (Å²) >= 11 is 12.0. The molecule has 2 amide bonds. The normalized spacial score (nSPS) is 10.4. The number of halogens is 2. The minimum absolute atomic E-state index is 0.00793. The van der Waals surface area contributed by atoms with E-state index in [9.17, 15) is 9.59 Å². The second-order valence-corrected chi connectivity index (χ2v) is 5.99. The van der Waals surface area contributed by atoms with Crippen molar-refractivity contribution in [1.82, 2.24) is 4.90 Å². The minimum Gasteiger partial charge on any atom is -0.341 e. The number of amides is 2. The summed E-state index contributed by atoms with van der Waals surface area (Å²) in [6.45, 7) is 6.84. The van der Waals surface area contributed by atoms with E-state index in [4.69, 9.17) is 23.2 Å². The summed E-state index contributed by atoms with van der Waals surface area (Å²) in [5, 5.41) is 0.861. The smallest absolute Gasteiger partial charge is 0.242 e. The lowest BCUT2D eigenvalue weighted by Crippen LogP contribution is -2.43. The van der Waals surface area contributed by atoms with Crippen LogP contribution in [-0.2, 0) is 9.59 Å².